The molecule has 8 heteroatoms. The summed E-state index contributed by atoms with van der Waals surface area (Å²) in [4.78, 5) is 21.6. The van der Waals surface area contributed by atoms with Gasteiger partial charge in [0.15, 0.2) is 0 Å². The van der Waals surface area contributed by atoms with Gasteiger partial charge in [-0.3, -0.25) is 9.59 Å². The molecule has 1 aromatic heterocycles. The molecule has 0 aliphatic rings. The largest absolute Gasteiger partial charge is 0.368 e. The van der Waals surface area contributed by atoms with E-state index >= 15 is 0 Å². The van der Waals surface area contributed by atoms with Gasteiger partial charge in [-0.15, -0.1) is 10.2 Å². The Balaban J connectivity index is 2.56. The molecule has 7 nitrogen and oxygen atoms in total. The molecular formula is C6H9N5O2S. The normalized spacial score (nSPS) is 9.50. The number of carbonyl (C=O) groups is 2. The van der Waals surface area contributed by atoms with Gasteiger partial charge in [0.2, 0.25) is 16.0 Å². The quantitative estimate of drug-likeness (QED) is 0.584. The van der Waals surface area contributed by atoms with Crippen LogP contribution in [-0.2, 0) is 4.79 Å². The highest BCUT2D eigenvalue weighted by atomic mass is 32.1. The Kier molecular flexibility index (Phi) is 3.35. The van der Waals surface area contributed by atoms with Gasteiger partial charge in [0.05, 0.1) is 6.54 Å². The Bertz CT molecular complexity index is 350. The van der Waals surface area contributed by atoms with E-state index < -0.39 is 11.8 Å². The molecule has 1 rings (SSSR count). The van der Waals surface area contributed by atoms with Crippen LogP contribution < -0.4 is 16.4 Å². The summed E-state index contributed by atoms with van der Waals surface area (Å²) in [6, 6.07) is 0. The van der Waals surface area contributed by atoms with Crippen molar-refractivity contribution < 1.29 is 9.59 Å². The highest BCUT2D eigenvalue weighted by Crippen LogP contribution is 2.13. The van der Waals surface area contributed by atoms with Gasteiger partial charge in [0.1, 0.15) is 0 Å². The zero-order valence-electron chi connectivity index (χ0n) is 7.40. The van der Waals surface area contributed by atoms with Crippen LogP contribution in [0.15, 0.2) is 0 Å². The van der Waals surface area contributed by atoms with Crippen LogP contribution in [0, 0.1) is 0 Å². The van der Waals surface area contributed by atoms with Gasteiger partial charge >= 0.3 is 0 Å². The van der Waals surface area contributed by atoms with Crippen LogP contribution in [0.25, 0.3) is 0 Å². The number of nitrogens with zero attached hydrogens (tertiary/aromatic N) is 2. The maximum Gasteiger partial charge on any atom is 0.282 e. The number of anilines is 1. The minimum absolute atomic E-state index is 0.190. The number of carbonyl (C=O) groups excluding carboxylic acids is 2. The van der Waals surface area contributed by atoms with Crippen molar-refractivity contribution in [2.75, 3.05) is 18.9 Å². The highest BCUT2D eigenvalue weighted by molar-refractivity contribution is 7.17. The molecule has 1 aromatic rings. The first-order chi connectivity index (χ1) is 6.63. The predicted octanol–water partition coefficient (Wildman–Crippen LogP) is -1.21. The molecule has 1 heterocycles. The van der Waals surface area contributed by atoms with Crippen LogP contribution in [-0.4, -0.2) is 35.6 Å². The third kappa shape index (κ3) is 2.66. The predicted molar refractivity (Wildman–Crippen MR) is 51.0 cm³/mol. The zero-order chi connectivity index (χ0) is 10.6. The van der Waals surface area contributed by atoms with Crippen molar-refractivity contribution >= 4 is 28.3 Å². The number of hydrogen-bond donors (Lipinski definition) is 3. The summed E-state index contributed by atoms with van der Waals surface area (Å²) in [5.41, 5.74) is 4.85. The lowest BCUT2D eigenvalue weighted by molar-refractivity contribution is -0.117. The minimum atomic E-state index is -0.600. The van der Waals surface area contributed by atoms with Gasteiger partial charge in [-0.05, 0) is 0 Å². The molecule has 76 valence electrons. The molecule has 0 spiro atoms. The lowest BCUT2D eigenvalue weighted by Crippen LogP contribution is -2.33. The zero-order valence-corrected chi connectivity index (χ0v) is 8.22. The molecule has 14 heavy (non-hydrogen) atoms. The van der Waals surface area contributed by atoms with Crippen LogP contribution in [0.3, 0.4) is 0 Å². The van der Waals surface area contributed by atoms with E-state index in [-0.39, 0.29) is 11.6 Å². The van der Waals surface area contributed by atoms with Crippen LogP contribution in [0.4, 0.5) is 5.13 Å². The fourth-order valence-corrected chi connectivity index (χ4v) is 1.27. The molecule has 0 atom stereocenters. The SMILES string of the molecule is CNc1nnc(C(=O)NCC(N)=O)s1. The van der Waals surface area contributed by atoms with Crippen LogP contribution in [0.2, 0.25) is 0 Å². The summed E-state index contributed by atoms with van der Waals surface area (Å²) in [5.74, 6) is -1.06. The third-order valence-corrected chi connectivity index (χ3v) is 2.20. The van der Waals surface area contributed by atoms with E-state index in [1.807, 2.05) is 0 Å². The Morgan fingerprint density at radius 3 is 2.71 bits per heavy atom. The first-order valence-corrected chi connectivity index (χ1v) is 4.53. The van der Waals surface area contributed by atoms with Crippen LogP contribution in [0.5, 0.6) is 0 Å². The topological polar surface area (TPSA) is 110 Å². The number of aromatic nitrogens is 2. The fourth-order valence-electron chi connectivity index (χ4n) is 0.659. The van der Waals surface area contributed by atoms with Crippen molar-refractivity contribution in [2.24, 2.45) is 5.73 Å². The molecule has 0 aromatic carbocycles. The van der Waals surface area contributed by atoms with E-state index in [0.29, 0.717) is 5.13 Å². The molecule has 0 aliphatic heterocycles. The average molecular weight is 215 g/mol. The van der Waals surface area contributed by atoms with E-state index in [9.17, 15) is 9.59 Å². The molecule has 2 amide bonds. The number of nitrogens with one attached hydrogen (secondary N) is 2. The average Bonchev–Trinajstić information content (AvgIpc) is 2.62. The van der Waals surface area contributed by atoms with E-state index in [0.717, 1.165) is 11.3 Å². The monoisotopic (exact) mass is 215 g/mol. The van der Waals surface area contributed by atoms with Crippen LogP contribution >= 0.6 is 11.3 Å². The molecule has 0 radical (unpaired) electrons. The van der Waals surface area contributed by atoms with Crippen molar-refractivity contribution in [3.8, 4) is 0 Å². The Morgan fingerprint density at radius 1 is 1.50 bits per heavy atom. The maximum atomic E-state index is 11.2. The second kappa shape index (κ2) is 4.51. The smallest absolute Gasteiger partial charge is 0.282 e. The van der Waals surface area contributed by atoms with Gasteiger partial charge in [0.25, 0.3) is 5.91 Å². The molecule has 0 fully saturated rings. The van der Waals surface area contributed by atoms with Gasteiger partial charge < -0.3 is 16.4 Å². The Labute approximate surface area is 83.7 Å². The number of nitrogens with two attached hydrogens (primary N) is 1. The van der Waals surface area contributed by atoms with Gasteiger partial charge in [0, 0.05) is 7.05 Å². The van der Waals surface area contributed by atoms with E-state index in [1.54, 1.807) is 7.05 Å². The second-order valence-electron chi connectivity index (χ2n) is 2.31. The lowest BCUT2D eigenvalue weighted by atomic mass is 10.5. The number of hydrogen-bond acceptors (Lipinski definition) is 6. The third-order valence-electron chi connectivity index (χ3n) is 1.26. The minimum Gasteiger partial charge on any atom is -0.368 e. The Morgan fingerprint density at radius 2 is 2.21 bits per heavy atom. The van der Waals surface area contributed by atoms with Crippen LogP contribution in [0.1, 0.15) is 9.80 Å². The molecule has 0 bridgehead atoms. The highest BCUT2D eigenvalue weighted by Gasteiger charge is 2.11. The lowest BCUT2D eigenvalue weighted by Gasteiger charge is -1.96. The maximum absolute atomic E-state index is 11.2. The van der Waals surface area contributed by atoms with E-state index in [4.69, 9.17) is 5.73 Å². The summed E-state index contributed by atoms with van der Waals surface area (Å²) in [7, 11) is 1.67. The van der Waals surface area contributed by atoms with E-state index in [2.05, 4.69) is 20.8 Å². The van der Waals surface area contributed by atoms with E-state index in [1.165, 1.54) is 0 Å². The molecule has 0 aliphatic carbocycles. The molecule has 0 saturated carbocycles. The van der Waals surface area contributed by atoms with Gasteiger partial charge in [-0.25, -0.2) is 0 Å². The second-order valence-corrected chi connectivity index (χ2v) is 3.29. The molecular weight excluding hydrogens is 206 g/mol. The summed E-state index contributed by atoms with van der Waals surface area (Å²) < 4.78 is 0. The number of rotatable bonds is 4. The first-order valence-electron chi connectivity index (χ1n) is 3.71. The summed E-state index contributed by atoms with van der Waals surface area (Å²) in [6.45, 7) is -0.201. The Hall–Kier alpha value is -1.70. The van der Waals surface area contributed by atoms with Crippen molar-refractivity contribution in [1.82, 2.24) is 15.5 Å². The number of amides is 2. The summed E-state index contributed by atoms with van der Waals surface area (Å²) in [5, 5.41) is 13.0. The van der Waals surface area contributed by atoms with Crippen molar-refractivity contribution in [2.45, 2.75) is 0 Å². The van der Waals surface area contributed by atoms with Crippen molar-refractivity contribution in [1.29, 1.82) is 0 Å². The van der Waals surface area contributed by atoms with Gasteiger partial charge in [-0.2, -0.15) is 0 Å². The standard InChI is InChI=1S/C6H9N5O2S/c1-8-6-11-10-5(14-6)4(13)9-2-3(7)12/h2H2,1H3,(H2,7,12)(H,8,11)(H,9,13). The first kappa shape index (κ1) is 10.4. The van der Waals surface area contributed by atoms with Crippen molar-refractivity contribution in [3.05, 3.63) is 5.01 Å². The molecule has 4 N–H and O–H groups in total. The van der Waals surface area contributed by atoms with Crippen molar-refractivity contribution in [3.63, 3.8) is 0 Å². The summed E-state index contributed by atoms with van der Waals surface area (Å²) in [6.07, 6.45) is 0. The summed E-state index contributed by atoms with van der Waals surface area (Å²) >= 11 is 1.10. The molecule has 0 unspecified atom stereocenters. The molecule has 0 saturated heterocycles. The fraction of sp³-hybridized carbons (Fsp3) is 0.333. The van der Waals surface area contributed by atoms with Gasteiger partial charge in [-0.1, -0.05) is 11.3 Å². The number of primary amides is 1.